The van der Waals surface area contributed by atoms with E-state index in [1.807, 2.05) is 31.2 Å². The van der Waals surface area contributed by atoms with Crippen molar-refractivity contribution in [2.75, 3.05) is 0 Å². The SMILES string of the molecule is Cc1ccccc1-c1cc2ccccc2cc1C(F)(F)F. The third-order valence-electron chi connectivity index (χ3n) is 3.63. The van der Waals surface area contributed by atoms with Crippen molar-refractivity contribution in [1.82, 2.24) is 0 Å². The molecule has 0 aliphatic rings. The minimum atomic E-state index is -4.37. The van der Waals surface area contributed by atoms with Crippen LogP contribution in [0.1, 0.15) is 11.1 Å². The second-order valence-electron chi connectivity index (χ2n) is 5.06. The smallest absolute Gasteiger partial charge is 0.166 e. The molecule has 0 spiro atoms. The lowest BCUT2D eigenvalue weighted by Gasteiger charge is -2.16. The standard InChI is InChI=1S/C18H13F3/c1-12-6-2-5-9-15(12)16-10-13-7-3-4-8-14(13)11-17(16)18(19,20)21/h2-11H,1H3. The van der Waals surface area contributed by atoms with Gasteiger partial charge in [0.25, 0.3) is 0 Å². The zero-order valence-electron chi connectivity index (χ0n) is 11.4. The van der Waals surface area contributed by atoms with Crippen LogP contribution in [-0.2, 0) is 6.18 Å². The normalized spacial score (nSPS) is 11.8. The van der Waals surface area contributed by atoms with Gasteiger partial charge in [0.2, 0.25) is 0 Å². The van der Waals surface area contributed by atoms with Crippen molar-refractivity contribution in [3.8, 4) is 11.1 Å². The molecule has 3 rings (SSSR count). The molecule has 0 N–H and O–H groups in total. The van der Waals surface area contributed by atoms with Crippen LogP contribution >= 0.6 is 0 Å². The summed E-state index contributed by atoms with van der Waals surface area (Å²) in [5, 5.41) is 1.41. The Bertz CT molecular complexity index is 801. The van der Waals surface area contributed by atoms with Crippen molar-refractivity contribution in [3.05, 3.63) is 71.8 Å². The maximum atomic E-state index is 13.4. The fraction of sp³-hybridized carbons (Fsp3) is 0.111. The highest BCUT2D eigenvalue weighted by Gasteiger charge is 2.34. The van der Waals surface area contributed by atoms with E-state index in [0.717, 1.165) is 10.9 Å². The summed E-state index contributed by atoms with van der Waals surface area (Å²) in [5.74, 6) is 0. The molecule has 0 atom stereocenters. The number of rotatable bonds is 1. The summed E-state index contributed by atoms with van der Waals surface area (Å²) in [6, 6.07) is 17.1. The van der Waals surface area contributed by atoms with E-state index in [0.29, 0.717) is 10.9 Å². The molecule has 3 aromatic rings. The predicted molar refractivity (Wildman–Crippen MR) is 79.1 cm³/mol. The maximum Gasteiger partial charge on any atom is 0.417 e. The largest absolute Gasteiger partial charge is 0.417 e. The second kappa shape index (κ2) is 4.92. The molecule has 0 amide bonds. The molecule has 21 heavy (non-hydrogen) atoms. The number of halogens is 3. The molecule has 0 nitrogen and oxygen atoms in total. The van der Waals surface area contributed by atoms with Crippen LogP contribution in [0.4, 0.5) is 13.2 Å². The highest BCUT2D eigenvalue weighted by Crippen LogP contribution is 2.40. The Morgan fingerprint density at radius 1 is 0.714 bits per heavy atom. The third kappa shape index (κ3) is 2.51. The summed E-state index contributed by atoms with van der Waals surface area (Å²) in [4.78, 5) is 0. The molecule has 0 saturated heterocycles. The maximum absolute atomic E-state index is 13.4. The molecular formula is C18H13F3. The van der Waals surface area contributed by atoms with Crippen LogP contribution in [0.2, 0.25) is 0 Å². The van der Waals surface area contributed by atoms with Crippen molar-refractivity contribution in [2.45, 2.75) is 13.1 Å². The van der Waals surface area contributed by atoms with Crippen LogP contribution in [0.5, 0.6) is 0 Å². The van der Waals surface area contributed by atoms with Gasteiger partial charge < -0.3 is 0 Å². The molecule has 0 radical (unpaired) electrons. The van der Waals surface area contributed by atoms with Crippen molar-refractivity contribution in [3.63, 3.8) is 0 Å². The summed E-state index contributed by atoms with van der Waals surface area (Å²) in [7, 11) is 0. The first-order valence-corrected chi connectivity index (χ1v) is 6.63. The Kier molecular flexibility index (Phi) is 3.20. The van der Waals surface area contributed by atoms with Gasteiger partial charge in [-0.1, -0.05) is 48.5 Å². The van der Waals surface area contributed by atoms with E-state index >= 15 is 0 Å². The number of benzene rings is 3. The Morgan fingerprint density at radius 3 is 1.90 bits per heavy atom. The number of alkyl halides is 3. The molecule has 106 valence electrons. The molecule has 3 aromatic carbocycles. The molecule has 0 aliphatic carbocycles. The number of hydrogen-bond donors (Lipinski definition) is 0. The third-order valence-corrected chi connectivity index (χ3v) is 3.63. The molecule has 0 heterocycles. The summed E-state index contributed by atoms with van der Waals surface area (Å²) in [6.07, 6.45) is -4.37. The Balaban J connectivity index is 2.37. The van der Waals surface area contributed by atoms with Crippen LogP contribution in [-0.4, -0.2) is 0 Å². The van der Waals surface area contributed by atoms with Crippen molar-refractivity contribution in [2.24, 2.45) is 0 Å². The van der Waals surface area contributed by atoms with Crippen LogP contribution < -0.4 is 0 Å². The quantitative estimate of drug-likeness (QED) is 0.527. The van der Waals surface area contributed by atoms with E-state index in [1.165, 1.54) is 6.07 Å². The number of hydrogen-bond acceptors (Lipinski definition) is 0. The average molecular weight is 286 g/mol. The van der Waals surface area contributed by atoms with Gasteiger partial charge in [0.05, 0.1) is 5.56 Å². The van der Waals surface area contributed by atoms with E-state index in [1.54, 1.807) is 30.3 Å². The second-order valence-corrected chi connectivity index (χ2v) is 5.06. The molecule has 0 bridgehead atoms. The zero-order chi connectivity index (χ0) is 15.0. The van der Waals surface area contributed by atoms with Gasteiger partial charge in [-0.05, 0) is 46.5 Å². The van der Waals surface area contributed by atoms with Gasteiger partial charge in [-0.15, -0.1) is 0 Å². The van der Waals surface area contributed by atoms with E-state index < -0.39 is 11.7 Å². The monoisotopic (exact) mass is 286 g/mol. The first kappa shape index (κ1) is 13.7. The number of fused-ring (bicyclic) bond motifs is 1. The Morgan fingerprint density at radius 2 is 1.29 bits per heavy atom. The Labute approximate surface area is 120 Å². The number of aryl methyl sites for hydroxylation is 1. The van der Waals surface area contributed by atoms with Crippen molar-refractivity contribution in [1.29, 1.82) is 0 Å². The summed E-state index contributed by atoms with van der Waals surface area (Å²) in [6.45, 7) is 1.82. The summed E-state index contributed by atoms with van der Waals surface area (Å²) in [5.41, 5.74) is 1.10. The van der Waals surface area contributed by atoms with Gasteiger partial charge >= 0.3 is 6.18 Å². The predicted octanol–water partition coefficient (Wildman–Crippen LogP) is 5.83. The van der Waals surface area contributed by atoms with E-state index in [9.17, 15) is 13.2 Å². The molecule has 0 aromatic heterocycles. The summed E-state index contributed by atoms with van der Waals surface area (Å²) < 4.78 is 40.2. The first-order chi connectivity index (χ1) is 9.97. The lowest BCUT2D eigenvalue weighted by molar-refractivity contribution is -0.137. The van der Waals surface area contributed by atoms with Crippen LogP contribution in [0.3, 0.4) is 0 Å². The average Bonchev–Trinajstić information content (AvgIpc) is 2.45. The molecule has 3 heteroatoms. The topological polar surface area (TPSA) is 0 Å². The van der Waals surface area contributed by atoms with Crippen LogP contribution in [0.15, 0.2) is 60.7 Å². The van der Waals surface area contributed by atoms with Crippen molar-refractivity contribution >= 4 is 10.8 Å². The lowest BCUT2D eigenvalue weighted by atomic mass is 9.93. The van der Waals surface area contributed by atoms with E-state index in [4.69, 9.17) is 0 Å². The van der Waals surface area contributed by atoms with E-state index in [2.05, 4.69) is 0 Å². The van der Waals surface area contributed by atoms with Crippen LogP contribution in [0, 0.1) is 6.92 Å². The Hall–Kier alpha value is -2.29. The molecular weight excluding hydrogens is 273 g/mol. The summed E-state index contributed by atoms with van der Waals surface area (Å²) >= 11 is 0. The van der Waals surface area contributed by atoms with Crippen molar-refractivity contribution < 1.29 is 13.2 Å². The molecule has 0 unspecified atom stereocenters. The zero-order valence-corrected chi connectivity index (χ0v) is 11.4. The van der Waals surface area contributed by atoms with Gasteiger partial charge in [-0.2, -0.15) is 13.2 Å². The lowest BCUT2D eigenvalue weighted by Crippen LogP contribution is -2.07. The molecule has 0 saturated carbocycles. The molecule has 0 aliphatic heterocycles. The van der Waals surface area contributed by atoms with Crippen LogP contribution in [0.25, 0.3) is 21.9 Å². The highest BCUT2D eigenvalue weighted by atomic mass is 19.4. The minimum Gasteiger partial charge on any atom is -0.166 e. The fourth-order valence-electron chi connectivity index (χ4n) is 2.57. The van der Waals surface area contributed by atoms with E-state index in [-0.39, 0.29) is 5.56 Å². The minimum absolute atomic E-state index is 0.235. The van der Waals surface area contributed by atoms with Gasteiger partial charge in [0.15, 0.2) is 0 Å². The van der Waals surface area contributed by atoms with Gasteiger partial charge in [-0.3, -0.25) is 0 Å². The van der Waals surface area contributed by atoms with Gasteiger partial charge in [0.1, 0.15) is 0 Å². The highest BCUT2D eigenvalue weighted by molar-refractivity contribution is 5.90. The van der Waals surface area contributed by atoms with Gasteiger partial charge in [-0.25, -0.2) is 0 Å². The molecule has 0 fully saturated rings. The first-order valence-electron chi connectivity index (χ1n) is 6.63. The fourth-order valence-corrected chi connectivity index (χ4v) is 2.57. The van der Waals surface area contributed by atoms with Gasteiger partial charge in [0, 0.05) is 0 Å².